The number of nitrogens with two attached hydrogens (primary N) is 1. The second kappa shape index (κ2) is 6.80. The van der Waals surface area contributed by atoms with E-state index in [1.807, 2.05) is 13.1 Å². The number of carbonyl (C=O) groups is 1. The molecule has 0 saturated carbocycles. The lowest BCUT2D eigenvalue weighted by Gasteiger charge is -2.29. The highest BCUT2D eigenvalue weighted by atomic mass is 16.5. The second-order valence-corrected chi connectivity index (χ2v) is 5.94. The van der Waals surface area contributed by atoms with Crippen molar-refractivity contribution in [3.05, 3.63) is 23.8 Å². The van der Waals surface area contributed by atoms with E-state index >= 15 is 0 Å². The number of hydrogen-bond acceptors (Lipinski definition) is 4. The molecule has 1 fully saturated rings. The summed E-state index contributed by atoms with van der Waals surface area (Å²) >= 11 is 0. The highest BCUT2D eigenvalue weighted by Crippen LogP contribution is 2.26. The molecular formula is C16H25N3O2. The number of nitrogens with zero attached hydrogens (tertiary/aromatic N) is 2. The van der Waals surface area contributed by atoms with Crippen LogP contribution in [0.4, 0.5) is 11.4 Å². The largest absolute Gasteiger partial charge is 0.397 e. The zero-order valence-corrected chi connectivity index (χ0v) is 13.1. The van der Waals surface area contributed by atoms with Crippen molar-refractivity contribution in [3.63, 3.8) is 0 Å². The van der Waals surface area contributed by atoms with Crippen molar-refractivity contribution in [2.75, 3.05) is 51.5 Å². The summed E-state index contributed by atoms with van der Waals surface area (Å²) in [6.45, 7) is 2.57. The molecule has 5 nitrogen and oxygen atoms in total. The Labute approximate surface area is 126 Å². The van der Waals surface area contributed by atoms with Crippen LogP contribution in [0.5, 0.6) is 0 Å². The van der Waals surface area contributed by atoms with Crippen LogP contribution in [0.1, 0.15) is 23.2 Å². The van der Waals surface area contributed by atoms with Crippen LogP contribution in [0.25, 0.3) is 0 Å². The molecule has 0 bridgehead atoms. The Morgan fingerprint density at radius 3 is 2.76 bits per heavy atom. The number of carbonyl (C=O) groups excluding carboxylic acids is 1. The van der Waals surface area contributed by atoms with Gasteiger partial charge in [-0.15, -0.1) is 0 Å². The van der Waals surface area contributed by atoms with Crippen molar-refractivity contribution in [1.82, 2.24) is 4.90 Å². The zero-order chi connectivity index (χ0) is 15.4. The molecule has 2 N–H and O–H groups in total. The Hall–Kier alpha value is -1.75. The Balaban J connectivity index is 2.13. The zero-order valence-electron chi connectivity index (χ0n) is 13.1. The first-order chi connectivity index (χ1) is 9.99. The highest BCUT2D eigenvalue weighted by Gasteiger charge is 2.18. The average molecular weight is 291 g/mol. The van der Waals surface area contributed by atoms with Crippen molar-refractivity contribution in [2.45, 2.75) is 12.8 Å². The standard InChI is InChI=1S/C16H25N3O2/c1-18(2)16(20)13-6-7-14(17)15(9-13)19(3)10-12-5-4-8-21-11-12/h6-7,9,12H,4-5,8,10-11,17H2,1-3H3. The molecule has 0 radical (unpaired) electrons. The van der Waals surface area contributed by atoms with Crippen molar-refractivity contribution >= 4 is 17.3 Å². The van der Waals surface area contributed by atoms with Gasteiger partial charge < -0.3 is 20.3 Å². The van der Waals surface area contributed by atoms with Crippen LogP contribution >= 0.6 is 0 Å². The van der Waals surface area contributed by atoms with Crippen LogP contribution in [0, 0.1) is 5.92 Å². The van der Waals surface area contributed by atoms with E-state index in [2.05, 4.69) is 4.90 Å². The van der Waals surface area contributed by atoms with Crippen LogP contribution < -0.4 is 10.6 Å². The van der Waals surface area contributed by atoms with E-state index in [-0.39, 0.29) is 5.91 Å². The molecular weight excluding hydrogens is 266 g/mol. The first kappa shape index (κ1) is 15.6. The minimum absolute atomic E-state index is 0.00866. The maximum absolute atomic E-state index is 12.1. The number of amides is 1. The van der Waals surface area contributed by atoms with Crippen LogP contribution in [0.3, 0.4) is 0 Å². The molecule has 5 heteroatoms. The van der Waals surface area contributed by atoms with Crippen molar-refractivity contribution in [3.8, 4) is 0 Å². The maximum Gasteiger partial charge on any atom is 0.253 e. The Kier molecular flexibility index (Phi) is 5.07. The SMILES string of the molecule is CN(C)C(=O)c1ccc(N)c(N(C)CC2CCCOC2)c1. The molecule has 1 atom stereocenters. The highest BCUT2D eigenvalue weighted by molar-refractivity contribution is 5.96. The molecule has 21 heavy (non-hydrogen) atoms. The van der Waals surface area contributed by atoms with Gasteiger partial charge in [-0.05, 0) is 37.0 Å². The third-order valence-corrected chi connectivity index (χ3v) is 3.88. The summed E-state index contributed by atoms with van der Waals surface area (Å²) in [4.78, 5) is 15.8. The van der Waals surface area contributed by atoms with Crippen LogP contribution in [0.15, 0.2) is 18.2 Å². The van der Waals surface area contributed by atoms with Crippen molar-refractivity contribution < 1.29 is 9.53 Å². The summed E-state index contributed by atoms with van der Waals surface area (Å²) < 4.78 is 5.52. The van der Waals surface area contributed by atoms with Gasteiger partial charge in [-0.2, -0.15) is 0 Å². The molecule has 1 heterocycles. The minimum Gasteiger partial charge on any atom is -0.397 e. The number of benzene rings is 1. The molecule has 1 saturated heterocycles. The molecule has 0 spiro atoms. The smallest absolute Gasteiger partial charge is 0.253 e. The third-order valence-electron chi connectivity index (χ3n) is 3.88. The molecule has 0 aromatic heterocycles. The van der Waals surface area contributed by atoms with E-state index in [4.69, 9.17) is 10.5 Å². The monoisotopic (exact) mass is 291 g/mol. The van der Waals surface area contributed by atoms with E-state index in [0.29, 0.717) is 17.2 Å². The lowest BCUT2D eigenvalue weighted by molar-refractivity contribution is 0.0576. The van der Waals surface area contributed by atoms with E-state index in [1.165, 1.54) is 6.42 Å². The van der Waals surface area contributed by atoms with Gasteiger partial charge in [0.05, 0.1) is 18.0 Å². The van der Waals surface area contributed by atoms with E-state index < -0.39 is 0 Å². The lowest BCUT2D eigenvalue weighted by Crippen LogP contribution is -2.31. The van der Waals surface area contributed by atoms with Crippen LogP contribution in [0.2, 0.25) is 0 Å². The predicted octanol–water partition coefficient (Wildman–Crippen LogP) is 1.83. The fraction of sp³-hybridized carbons (Fsp3) is 0.562. The Morgan fingerprint density at radius 1 is 1.38 bits per heavy atom. The number of rotatable bonds is 4. The van der Waals surface area contributed by atoms with Crippen molar-refractivity contribution in [1.29, 1.82) is 0 Å². The summed E-state index contributed by atoms with van der Waals surface area (Å²) in [5, 5.41) is 0. The summed E-state index contributed by atoms with van der Waals surface area (Å²) in [6.07, 6.45) is 2.30. The second-order valence-electron chi connectivity index (χ2n) is 5.94. The summed E-state index contributed by atoms with van der Waals surface area (Å²) in [6, 6.07) is 5.46. The van der Waals surface area contributed by atoms with Gasteiger partial charge in [0, 0.05) is 39.9 Å². The van der Waals surface area contributed by atoms with Crippen LogP contribution in [-0.2, 0) is 4.74 Å². The van der Waals surface area contributed by atoms with Crippen molar-refractivity contribution in [2.24, 2.45) is 5.92 Å². The van der Waals surface area contributed by atoms with Gasteiger partial charge in [-0.3, -0.25) is 4.79 Å². The predicted molar refractivity (Wildman–Crippen MR) is 85.7 cm³/mol. The molecule has 1 aliphatic heterocycles. The van der Waals surface area contributed by atoms with Crippen LogP contribution in [-0.4, -0.2) is 51.7 Å². The van der Waals surface area contributed by atoms with Gasteiger partial charge in [-0.25, -0.2) is 0 Å². The number of hydrogen-bond donors (Lipinski definition) is 1. The van der Waals surface area contributed by atoms with Gasteiger partial charge in [0.1, 0.15) is 0 Å². The fourth-order valence-electron chi connectivity index (χ4n) is 2.70. The van der Waals surface area contributed by atoms with E-state index in [1.54, 1.807) is 31.1 Å². The Bertz CT molecular complexity index is 496. The first-order valence-corrected chi connectivity index (χ1v) is 7.39. The maximum atomic E-state index is 12.1. The topological polar surface area (TPSA) is 58.8 Å². The molecule has 1 aliphatic rings. The normalized spacial score (nSPS) is 18.3. The van der Waals surface area contributed by atoms with Gasteiger partial charge in [0.2, 0.25) is 0 Å². The Morgan fingerprint density at radius 2 is 2.14 bits per heavy atom. The van der Waals surface area contributed by atoms with Gasteiger partial charge >= 0.3 is 0 Å². The molecule has 1 aromatic rings. The van der Waals surface area contributed by atoms with Gasteiger partial charge in [0.25, 0.3) is 5.91 Å². The molecule has 1 amide bonds. The quantitative estimate of drug-likeness (QED) is 0.860. The van der Waals surface area contributed by atoms with E-state index in [9.17, 15) is 4.79 Å². The summed E-state index contributed by atoms with van der Waals surface area (Å²) in [7, 11) is 5.52. The summed E-state index contributed by atoms with van der Waals surface area (Å²) in [5.74, 6) is 0.516. The number of anilines is 2. The van der Waals surface area contributed by atoms with Gasteiger partial charge in [0.15, 0.2) is 0 Å². The fourth-order valence-corrected chi connectivity index (χ4v) is 2.70. The van der Waals surface area contributed by atoms with Gasteiger partial charge in [-0.1, -0.05) is 0 Å². The minimum atomic E-state index is -0.00866. The molecule has 116 valence electrons. The molecule has 1 aromatic carbocycles. The summed E-state index contributed by atoms with van der Waals surface area (Å²) in [5.41, 5.74) is 8.35. The molecule has 2 rings (SSSR count). The molecule has 0 aliphatic carbocycles. The third kappa shape index (κ3) is 3.88. The first-order valence-electron chi connectivity index (χ1n) is 7.39. The van der Waals surface area contributed by atoms with E-state index in [0.717, 1.165) is 31.9 Å². The average Bonchev–Trinajstić information content (AvgIpc) is 2.47. The molecule has 1 unspecified atom stereocenters. The lowest BCUT2D eigenvalue weighted by atomic mass is 10.0. The number of ether oxygens (including phenoxy) is 1. The number of nitrogen functional groups attached to an aromatic ring is 1.